The Kier molecular flexibility index (Phi) is 1.91. The predicted octanol–water partition coefficient (Wildman–Crippen LogP) is 0.494. The highest BCUT2D eigenvalue weighted by molar-refractivity contribution is 7.77. The van der Waals surface area contributed by atoms with Crippen LogP contribution in [0.15, 0.2) is 0 Å². The van der Waals surface area contributed by atoms with E-state index in [4.69, 9.17) is 0 Å². The second-order valence-corrected chi connectivity index (χ2v) is 2.52. The molecule has 0 aromatic rings. The lowest BCUT2D eigenvalue weighted by molar-refractivity contribution is -0.110. The first-order valence-corrected chi connectivity index (χ1v) is 3.15. The van der Waals surface area contributed by atoms with Crippen molar-refractivity contribution in [2.45, 2.75) is 18.9 Å². The topological polar surface area (TPSA) is 20.3 Å². The lowest BCUT2D eigenvalue weighted by Gasteiger charge is -2.09. The second-order valence-electron chi connectivity index (χ2n) is 2.01. The van der Waals surface area contributed by atoms with E-state index < -0.39 is 0 Å². The molecule has 0 aromatic carbocycles. The summed E-state index contributed by atoms with van der Waals surface area (Å²) in [6.07, 6.45) is 3.04. The fourth-order valence-corrected chi connectivity index (χ4v) is 1.23. The van der Waals surface area contributed by atoms with Crippen molar-refractivity contribution in [1.82, 2.24) is 4.31 Å². The van der Waals surface area contributed by atoms with E-state index in [0.29, 0.717) is 0 Å². The summed E-state index contributed by atoms with van der Waals surface area (Å²) in [5.41, 5.74) is 0. The van der Waals surface area contributed by atoms with E-state index in [1.165, 1.54) is 0 Å². The Morgan fingerprint density at radius 1 is 1.75 bits per heavy atom. The summed E-state index contributed by atoms with van der Waals surface area (Å²) >= 11 is 4.07. The molecule has 0 N–H and O–H groups in total. The van der Waals surface area contributed by atoms with Crippen LogP contribution in [-0.2, 0) is 4.79 Å². The van der Waals surface area contributed by atoms with Crippen LogP contribution < -0.4 is 0 Å². The van der Waals surface area contributed by atoms with Crippen molar-refractivity contribution >= 4 is 19.1 Å². The molecule has 0 spiro atoms. The summed E-state index contributed by atoms with van der Waals surface area (Å²) in [4.78, 5) is 10.1. The molecule has 0 aromatic heterocycles. The molecule has 1 atom stereocenters. The number of carbonyl (C=O) groups excluding carboxylic acids is 1. The van der Waals surface area contributed by atoms with Crippen molar-refractivity contribution in [3.63, 3.8) is 0 Å². The Labute approximate surface area is 54.4 Å². The quantitative estimate of drug-likeness (QED) is 0.413. The Balaban J connectivity index is 2.41. The van der Waals surface area contributed by atoms with Gasteiger partial charge in [0.1, 0.15) is 6.29 Å². The van der Waals surface area contributed by atoms with Gasteiger partial charge in [-0.15, -0.1) is 0 Å². The Hall–Kier alpha value is -0.0200. The van der Waals surface area contributed by atoms with Gasteiger partial charge in [0.05, 0.1) is 6.04 Å². The SMILES string of the molecule is O=C[C@@H]1CCCN1S. The molecule has 0 saturated carbocycles. The Bertz CT molecular complexity index is 96.4. The van der Waals surface area contributed by atoms with Gasteiger partial charge in [0.15, 0.2) is 0 Å². The van der Waals surface area contributed by atoms with E-state index in [0.717, 1.165) is 25.7 Å². The van der Waals surface area contributed by atoms with E-state index in [9.17, 15) is 4.79 Å². The fraction of sp³-hybridized carbons (Fsp3) is 0.800. The molecule has 0 bridgehead atoms. The van der Waals surface area contributed by atoms with E-state index >= 15 is 0 Å². The van der Waals surface area contributed by atoms with Gasteiger partial charge in [0, 0.05) is 6.54 Å². The molecule has 46 valence electrons. The first kappa shape index (κ1) is 6.11. The summed E-state index contributed by atoms with van der Waals surface area (Å²) in [7, 11) is 0. The molecule has 1 fully saturated rings. The van der Waals surface area contributed by atoms with Crippen molar-refractivity contribution in [3.05, 3.63) is 0 Å². The molecular weight excluding hydrogens is 122 g/mol. The van der Waals surface area contributed by atoms with Crippen molar-refractivity contribution in [1.29, 1.82) is 0 Å². The zero-order chi connectivity index (χ0) is 5.98. The van der Waals surface area contributed by atoms with Gasteiger partial charge in [0.2, 0.25) is 0 Å². The van der Waals surface area contributed by atoms with E-state index in [-0.39, 0.29) is 6.04 Å². The van der Waals surface area contributed by atoms with Gasteiger partial charge in [-0.3, -0.25) is 0 Å². The summed E-state index contributed by atoms with van der Waals surface area (Å²) < 4.78 is 1.78. The molecule has 0 radical (unpaired) electrons. The fourth-order valence-electron chi connectivity index (χ4n) is 0.916. The number of hydrogen-bond donors (Lipinski definition) is 1. The largest absolute Gasteiger partial charge is 0.302 e. The lowest BCUT2D eigenvalue weighted by Crippen LogP contribution is -2.20. The number of hydrogen-bond acceptors (Lipinski definition) is 3. The molecule has 0 amide bonds. The minimum absolute atomic E-state index is 0.0818. The normalized spacial score (nSPS) is 30.9. The van der Waals surface area contributed by atoms with E-state index in [2.05, 4.69) is 12.8 Å². The van der Waals surface area contributed by atoms with Crippen molar-refractivity contribution in [2.24, 2.45) is 0 Å². The molecule has 1 heterocycles. The van der Waals surface area contributed by atoms with Gasteiger partial charge in [-0.1, -0.05) is 12.8 Å². The highest BCUT2D eigenvalue weighted by Gasteiger charge is 2.19. The maximum atomic E-state index is 10.1. The number of carbonyl (C=O) groups is 1. The summed E-state index contributed by atoms with van der Waals surface area (Å²) in [6, 6.07) is 0.0818. The monoisotopic (exact) mass is 131 g/mol. The number of rotatable bonds is 1. The van der Waals surface area contributed by atoms with E-state index in [1.54, 1.807) is 4.31 Å². The van der Waals surface area contributed by atoms with Crippen LogP contribution in [-0.4, -0.2) is 23.2 Å². The third-order valence-corrected chi connectivity index (χ3v) is 1.92. The Morgan fingerprint density at radius 2 is 2.50 bits per heavy atom. The first-order chi connectivity index (χ1) is 3.84. The average molecular weight is 131 g/mol. The molecule has 1 aliphatic rings. The van der Waals surface area contributed by atoms with Crippen LogP contribution in [0, 0.1) is 0 Å². The average Bonchev–Trinajstić information content (AvgIpc) is 2.14. The molecule has 3 heteroatoms. The molecule has 2 nitrogen and oxygen atoms in total. The minimum atomic E-state index is 0.0818. The van der Waals surface area contributed by atoms with Crippen molar-refractivity contribution in [2.75, 3.05) is 6.54 Å². The highest BCUT2D eigenvalue weighted by atomic mass is 32.1. The van der Waals surface area contributed by atoms with Crippen molar-refractivity contribution in [3.8, 4) is 0 Å². The number of thiol groups is 1. The smallest absolute Gasteiger partial charge is 0.138 e. The maximum Gasteiger partial charge on any atom is 0.138 e. The van der Waals surface area contributed by atoms with Crippen LogP contribution in [0.3, 0.4) is 0 Å². The molecule has 1 aliphatic heterocycles. The molecule has 0 unspecified atom stereocenters. The number of nitrogens with zero attached hydrogens (tertiary/aromatic N) is 1. The van der Waals surface area contributed by atoms with Crippen molar-refractivity contribution < 1.29 is 4.79 Å². The molecular formula is C5H9NOS. The summed E-state index contributed by atoms with van der Waals surface area (Å²) in [6.45, 7) is 0.951. The van der Waals surface area contributed by atoms with Crippen LogP contribution in [0.5, 0.6) is 0 Å². The maximum absolute atomic E-state index is 10.1. The third kappa shape index (κ3) is 1.03. The second kappa shape index (κ2) is 2.51. The zero-order valence-electron chi connectivity index (χ0n) is 4.58. The van der Waals surface area contributed by atoms with Gasteiger partial charge in [-0.25, -0.2) is 4.31 Å². The standard InChI is InChI=1S/C5H9NOS/c7-4-5-2-1-3-6(5)8/h4-5,8H,1-3H2/t5-/m0/s1. The Morgan fingerprint density at radius 3 is 2.75 bits per heavy atom. The molecule has 8 heavy (non-hydrogen) atoms. The molecule has 1 rings (SSSR count). The van der Waals surface area contributed by atoms with Crippen LogP contribution in [0.2, 0.25) is 0 Å². The lowest BCUT2D eigenvalue weighted by atomic mass is 10.2. The van der Waals surface area contributed by atoms with Gasteiger partial charge in [0.25, 0.3) is 0 Å². The zero-order valence-corrected chi connectivity index (χ0v) is 5.47. The third-order valence-electron chi connectivity index (χ3n) is 1.43. The van der Waals surface area contributed by atoms with Crippen LogP contribution >= 0.6 is 12.8 Å². The van der Waals surface area contributed by atoms with Crippen LogP contribution in [0.1, 0.15) is 12.8 Å². The highest BCUT2D eigenvalue weighted by Crippen LogP contribution is 2.15. The predicted molar refractivity (Wildman–Crippen MR) is 34.8 cm³/mol. The van der Waals surface area contributed by atoms with Gasteiger partial charge in [-0.2, -0.15) is 0 Å². The van der Waals surface area contributed by atoms with E-state index in [1.807, 2.05) is 0 Å². The number of aldehydes is 1. The van der Waals surface area contributed by atoms with Gasteiger partial charge >= 0.3 is 0 Å². The van der Waals surface area contributed by atoms with Gasteiger partial charge < -0.3 is 4.79 Å². The van der Waals surface area contributed by atoms with Crippen LogP contribution in [0.25, 0.3) is 0 Å². The summed E-state index contributed by atoms with van der Waals surface area (Å²) in [5, 5.41) is 0. The summed E-state index contributed by atoms with van der Waals surface area (Å²) in [5.74, 6) is 0. The molecule has 1 saturated heterocycles. The first-order valence-electron chi connectivity index (χ1n) is 2.75. The van der Waals surface area contributed by atoms with Gasteiger partial charge in [-0.05, 0) is 12.8 Å². The van der Waals surface area contributed by atoms with Crippen LogP contribution in [0.4, 0.5) is 0 Å². The molecule has 0 aliphatic carbocycles. The minimum Gasteiger partial charge on any atom is -0.302 e.